The molecule has 124 valence electrons. The van der Waals surface area contributed by atoms with E-state index in [2.05, 4.69) is 36.3 Å². The van der Waals surface area contributed by atoms with Crippen molar-refractivity contribution in [3.8, 4) is 11.3 Å². The van der Waals surface area contributed by atoms with E-state index in [1.165, 1.54) is 0 Å². The minimum Gasteiger partial charge on any atom is -0.340 e. The highest BCUT2D eigenvalue weighted by molar-refractivity contribution is 9.10. The minimum absolute atomic E-state index is 0.464. The van der Waals surface area contributed by atoms with Gasteiger partial charge in [0.25, 0.3) is 0 Å². The summed E-state index contributed by atoms with van der Waals surface area (Å²) in [6, 6.07) is 11.1. The number of hydrogen-bond acceptors (Lipinski definition) is 4. The van der Waals surface area contributed by atoms with E-state index < -0.39 is 0 Å². The van der Waals surface area contributed by atoms with E-state index in [0.717, 1.165) is 21.5 Å². The van der Waals surface area contributed by atoms with Gasteiger partial charge < -0.3 is 5.32 Å². The fraction of sp³-hybridized carbons (Fsp3) is 0. The van der Waals surface area contributed by atoms with Crippen molar-refractivity contribution >= 4 is 56.3 Å². The molecule has 8 heteroatoms. The summed E-state index contributed by atoms with van der Waals surface area (Å²) >= 11 is 16.0. The number of anilines is 2. The average molecular weight is 435 g/mol. The van der Waals surface area contributed by atoms with E-state index >= 15 is 0 Å². The second-order valence-electron chi connectivity index (χ2n) is 5.22. The molecule has 0 aliphatic rings. The van der Waals surface area contributed by atoms with Gasteiger partial charge in [-0.1, -0.05) is 35.3 Å². The number of fused-ring (bicyclic) bond motifs is 1. The molecule has 0 atom stereocenters. The maximum Gasteiger partial charge on any atom is 0.172 e. The summed E-state index contributed by atoms with van der Waals surface area (Å²) in [5.74, 6) is 0.743. The first-order chi connectivity index (χ1) is 12.1. The molecule has 0 saturated carbocycles. The summed E-state index contributed by atoms with van der Waals surface area (Å²) in [4.78, 5) is 8.69. The molecule has 3 heterocycles. The van der Waals surface area contributed by atoms with Crippen LogP contribution in [-0.2, 0) is 0 Å². The first kappa shape index (κ1) is 16.3. The van der Waals surface area contributed by atoms with Crippen LogP contribution in [0.4, 0.5) is 11.5 Å². The first-order valence-electron chi connectivity index (χ1n) is 7.29. The Balaban J connectivity index is 1.91. The molecular weight excluding hydrogens is 425 g/mol. The Bertz CT molecular complexity index is 1070. The number of rotatable bonds is 3. The van der Waals surface area contributed by atoms with Crippen molar-refractivity contribution < 1.29 is 0 Å². The third-order valence-electron chi connectivity index (χ3n) is 3.61. The minimum atomic E-state index is 0.464. The molecule has 5 nitrogen and oxygen atoms in total. The zero-order chi connectivity index (χ0) is 17.4. The molecule has 0 unspecified atom stereocenters. The number of aromatic nitrogens is 4. The van der Waals surface area contributed by atoms with Crippen LogP contribution in [0.3, 0.4) is 0 Å². The molecule has 0 aliphatic carbocycles. The zero-order valence-corrected chi connectivity index (χ0v) is 15.7. The Morgan fingerprint density at radius 2 is 1.88 bits per heavy atom. The first-order valence-corrected chi connectivity index (χ1v) is 8.84. The topological polar surface area (TPSA) is 55.1 Å². The molecular formula is C17H10BrCl2N5. The van der Waals surface area contributed by atoms with Crippen LogP contribution < -0.4 is 5.32 Å². The van der Waals surface area contributed by atoms with Gasteiger partial charge in [0.1, 0.15) is 5.82 Å². The summed E-state index contributed by atoms with van der Waals surface area (Å²) < 4.78 is 2.50. The molecule has 0 amide bonds. The maximum atomic E-state index is 6.37. The lowest BCUT2D eigenvalue weighted by Crippen LogP contribution is -2.02. The van der Waals surface area contributed by atoms with Crippen LogP contribution in [0.15, 0.2) is 59.5 Å². The van der Waals surface area contributed by atoms with Crippen molar-refractivity contribution in [3.05, 3.63) is 69.5 Å². The van der Waals surface area contributed by atoms with E-state index in [4.69, 9.17) is 23.2 Å². The number of pyridine rings is 1. The van der Waals surface area contributed by atoms with E-state index in [1.807, 2.05) is 30.3 Å². The highest BCUT2D eigenvalue weighted by Crippen LogP contribution is 2.35. The zero-order valence-electron chi connectivity index (χ0n) is 12.6. The van der Waals surface area contributed by atoms with Gasteiger partial charge in [0.2, 0.25) is 0 Å². The predicted octanol–water partition coefficient (Wildman–Crippen LogP) is 5.60. The van der Waals surface area contributed by atoms with Crippen LogP contribution in [0.5, 0.6) is 0 Å². The van der Waals surface area contributed by atoms with E-state index in [9.17, 15) is 0 Å². The quantitative estimate of drug-likeness (QED) is 0.455. The Hall–Kier alpha value is -2.15. The van der Waals surface area contributed by atoms with Crippen molar-refractivity contribution in [2.24, 2.45) is 0 Å². The van der Waals surface area contributed by atoms with Crippen LogP contribution in [0.2, 0.25) is 10.0 Å². The molecule has 25 heavy (non-hydrogen) atoms. The van der Waals surface area contributed by atoms with Gasteiger partial charge >= 0.3 is 0 Å². The van der Waals surface area contributed by atoms with Crippen molar-refractivity contribution in [2.45, 2.75) is 0 Å². The molecule has 0 fully saturated rings. The van der Waals surface area contributed by atoms with Gasteiger partial charge in [-0.15, -0.1) is 0 Å². The normalized spacial score (nSPS) is 11.0. The summed E-state index contributed by atoms with van der Waals surface area (Å²) in [7, 11) is 0. The molecule has 0 aliphatic heterocycles. The second-order valence-corrected chi connectivity index (χ2v) is 6.86. The third-order valence-corrected chi connectivity index (χ3v) is 4.99. The molecule has 0 spiro atoms. The van der Waals surface area contributed by atoms with Crippen LogP contribution in [0.1, 0.15) is 0 Å². The lowest BCUT2D eigenvalue weighted by Gasteiger charge is -2.12. The number of benzene rings is 1. The van der Waals surface area contributed by atoms with Crippen molar-refractivity contribution in [3.63, 3.8) is 0 Å². The Labute approximate surface area is 161 Å². The highest BCUT2D eigenvalue weighted by atomic mass is 79.9. The standard InChI is InChI=1S/C17H10BrCl2N5/c18-12-9-22-25-15(23-10-4-6-21-7-5-10)8-14(24-17(12)25)11-2-1-3-13(19)16(11)20/h1-9H,(H,21,23). The van der Waals surface area contributed by atoms with Gasteiger partial charge in [0.15, 0.2) is 5.65 Å². The second kappa shape index (κ2) is 6.63. The van der Waals surface area contributed by atoms with E-state index in [1.54, 1.807) is 29.2 Å². The number of nitrogens with one attached hydrogen (secondary N) is 1. The molecule has 0 radical (unpaired) electrons. The lowest BCUT2D eigenvalue weighted by atomic mass is 10.1. The summed E-state index contributed by atoms with van der Waals surface area (Å²) in [6.07, 6.45) is 5.13. The van der Waals surface area contributed by atoms with Gasteiger partial charge in [0, 0.05) is 29.7 Å². The number of nitrogens with zero attached hydrogens (tertiary/aromatic N) is 4. The molecule has 1 aromatic carbocycles. The molecule has 3 aromatic heterocycles. The third kappa shape index (κ3) is 3.08. The van der Waals surface area contributed by atoms with Crippen molar-refractivity contribution in [1.82, 2.24) is 19.6 Å². The van der Waals surface area contributed by atoms with Crippen LogP contribution in [-0.4, -0.2) is 19.6 Å². The lowest BCUT2D eigenvalue weighted by molar-refractivity contribution is 0.948. The molecule has 0 bridgehead atoms. The van der Waals surface area contributed by atoms with Crippen LogP contribution >= 0.6 is 39.1 Å². The number of halogens is 3. The molecule has 4 rings (SSSR count). The monoisotopic (exact) mass is 433 g/mol. The Kier molecular flexibility index (Phi) is 4.33. The molecule has 4 aromatic rings. The maximum absolute atomic E-state index is 6.37. The highest BCUT2D eigenvalue weighted by Gasteiger charge is 2.14. The van der Waals surface area contributed by atoms with Gasteiger partial charge in [0.05, 0.1) is 26.4 Å². The fourth-order valence-corrected chi connectivity index (χ4v) is 3.19. The predicted molar refractivity (Wildman–Crippen MR) is 104 cm³/mol. The molecule has 0 saturated heterocycles. The van der Waals surface area contributed by atoms with Gasteiger partial charge in [-0.05, 0) is 34.1 Å². The van der Waals surface area contributed by atoms with E-state index in [0.29, 0.717) is 21.4 Å². The largest absolute Gasteiger partial charge is 0.340 e. The SMILES string of the molecule is Clc1cccc(-c2cc(Nc3ccncc3)n3ncc(Br)c3n2)c1Cl. The van der Waals surface area contributed by atoms with Crippen molar-refractivity contribution in [2.75, 3.05) is 5.32 Å². The van der Waals surface area contributed by atoms with Crippen LogP contribution in [0, 0.1) is 0 Å². The summed E-state index contributed by atoms with van der Waals surface area (Å²) in [5, 5.41) is 8.64. The van der Waals surface area contributed by atoms with Gasteiger partial charge in [-0.3, -0.25) is 4.98 Å². The van der Waals surface area contributed by atoms with Crippen LogP contribution in [0.25, 0.3) is 16.9 Å². The fourth-order valence-electron chi connectivity index (χ4n) is 2.45. The smallest absolute Gasteiger partial charge is 0.172 e. The average Bonchev–Trinajstić information content (AvgIpc) is 3.00. The Morgan fingerprint density at radius 3 is 2.68 bits per heavy atom. The van der Waals surface area contributed by atoms with Gasteiger partial charge in [-0.25, -0.2) is 4.98 Å². The Morgan fingerprint density at radius 1 is 1.08 bits per heavy atom. The summed E-state index contributed by atoms with van der Waals surface area (Å²) in [5.41, 5.74) is 3.00. The van der Waals surface area contributed by atoms with Gasteiger partial charge in [-0.2, -0.15) is 9.61 Å². The molecule has 1 N–H and O–H groups in total. The summed E-state index contributed by atoms with van der Waals surface area (Å²) in [6.45, 7) is 0. The van der Waals surface area contributed by atoms with Crippen molar-refractivity contribution in [1.29, 1.82) is 0 Å². The number of hydrogen-bond donors (Lipinski definition) is 1. The van der Waals surface area contributed by atoms with E-state index in [-0.39, 0.29) is 0 Å².